The SMILES string of the molecule is CC(COP(=O)(CC(C)CC(C)(C)C)CC(C)CC(C)(C)C)CC(C)(C)C. The summed E-state index contributed by atoms with van der Waals surface area (Å²) in [4.78, 5) is 0. The van der Waals surface area contributed by atoms with E-state index in [4.69, 9.17) is 4.52 Å². The summed E-state index contributed by atoms with van der Waals surface area (Å²) in [6, 6.07) is 0. The Bertz CT molecular complexity index is 434. The van der Waals surface area contributed by atoms with Crippen molar-refractivity contribution in [1.82, 2.24) is 0 Å². The van der Waals surface area contributed by atoms with Crippen molar-refractivity contribution >= 4 is 7.37 Å². The van der Waals surface area contributed by atoms with Crippen LogP contribution >= 0.6 is 7.37 Å². The van der Waals surface area contributed by atoms with Crippen LogP contribution in [0.4, 0.5) is 0 Å². The highest BCUT2D eigenvalue weighted by Crippen LogP contribution is 2.53. The van der Waals surface area contributed by atoms with Crippen LogP contribution in [0.3, 0.4) is 0 Å². The molecule has 0 bridgehead atoms. The van der Waals surface area contributed by atoms with Gasteiger partial charge in [-0.1, -0.05) is 83.1 Å². The molecule has 0 aliphatic heterocycles. The Morgan fingerprint density at radius 3 is 1.22 bits per heavy atom. The Morgan fingerprint density at radius 2 is 0.926 bits per heavy atom. The molecule has 0 saturated heterocycles. The zero-order chi connectivity index (χ0) is 21.7. The normalized spacial score (nSPS) is 19.4. The Labute approximate surface area is 172 Å². The van der Waals surface area contributed by atoms with Gasteiger partial charge < -0.3 is 4.52 Å². The molecule has 164 valence electrons. The molecule has 3 atom stereocenters. The summed E-state index contributed by atoms with van der Waals surface area (Å²) in [5.74, 6) is 1.29. The van der Waals surface area contributed by atoms with E-state index in [0.29, 0.717) is 24.4 Å². The van der Waals surface area contributed by atoms with E-state index in [1.807, 2.05) is 0 Å². The summed E-state index contributed by atoms with van der Waals surface area (Å²) in [6.07, 6.45) is 4.72. The summed E-state index contributed by atoms with van der Waals surface area (Å²) in [7, 11) is -2.62. The molecule has 2 nitrogen and oxygen atoms in total. The second-order valence-electron chi connectivity index (χ2n) is 13.1. The van der Waals surface area contributed by atoms with Gasteiger partial charge in [-0.15, -0.1) is 0 Å². The first-order valence-corrected chi connectivity index (χ1v) is 13.0. The molecule has 3 heteroatoms. The minimum atomic E-state index is -2.62. The number of rotatable bonds is 10. The molecule has 0 radical (unpaired) electrons. The molecule has 0 aromatic rings. The van der Waals surface area contributed by atoms with Gasteiger partial charge in [0.2, 0.25) is 7.37 Å². The molecule has 0 aliphatic carbocycles. The summed E-state index contributed by atoms with van der Waals surface area (Å²) in [6.45, 7) is 27.7. The van der Waals surface area contributed by atoms with Crippen LogP contribution in [0, 0.1) is 34.0 Å². The van der Waals surface area contributed by atoms with Gasteiger partial charge in [0.25, 0.3) is 0 Å². The van der Waals surface area contributed by atoms with E-state index < -0.39 is 7.37 Å². The van der Waals surface area contributed by atoms with Crippen LogP contribution in [0.25, 0.3) is 0 Å². The van der Waals surface area contributed by atoms with Crippen molar-refractivity contribution in [2.75, 3.05) is 18.9 Å². The largest absolute Gasteiger partial charge is 0.328 e. The van der Waals surface area contributed by atoms with Gasteiger partial charge in [0.05, 0.1) is 6.61 Å². The monoisotopic (exact) mass is 402 g/mol. The lowest BCUT2D eigenvalue weighted by Gasteiger charge is -2.31. The van der Waals surface area contributed by atoms with Gasteiger partial charge in [0.15, 0.2) is 0 Å². The average Bonchev–Trinajstić information content (AvgIpc) is 2.28. The van der Waals surface area contributed by atoms with Crippen molar-refractivity contribution in [3.8, 4) is 0 Å². The van der Waals surface area contributed by atoms with Crippen LogP contribution < -0.4 is 0 Å². The minimum absolute atomic E-state index is 0.265. The van der Waals surface area contributed by atoms with Crippen molar-refractivity contribution < 1.29 is 9.09 Å². The summed E-state index contributed by atoms with van der Waals surface area (Å²) in [5, 5.41) is 0. The van der Waals surface area contributed by atoms with E-state index in [0.717, 1.165) is 31.6 Å². The molecule has 0 amide bonds. The molecule has 0 rings (SSSR count). The van der Waals surface area contributed by atoms with E-state index in [1.165, 1.54) is 0 Å². The fraction of sp³-hybridized carbons (Fsp3) is 1.00. The quantitative estimate of drug-likeness (QED) is 0.342. The molecular formula is C24H51O2P. The maximum atomic E-state index is 13.9. The molecule has 0 spiro atoms. The zero-order valence-electron chi connectivity index (χ0n) is 20.7. The smallest absolute Gasteiger partial charge is 0.203 e. The Kier molecular flexibility index (Phi) is 10.4. The van der Waals surface area contributed by atoms with Crippen molar-refractivity contribution in [3.63, 3.8) is 0 Å². The minimum Gasteiger partial charge on any atom is -0.328 e. The van der Waals surface area contributed by atoms with E-state index in [2.05, 4.69) is 83.1 Å². The summed E-state index contributed by atoms with van der Waals surface area (Å²) >= 11 is 0. The van der Waals surface area contributed by atoms with Crippen LogP contribution in [0.2, 0.25) is 0 Å². The third kappa shape index (κ3) is 15.8. The lowest BCUT2D eigenvalue weighted by molar-refractivity contribution is 0.203. The second kappa shape index (κ2) is 10.3. The van der Waals surface area contributed by atoms with Gasteiger partial charge in [0.1, 0.15) is 0 Å². The van der Waals surface area contributed by atoms with E-state index in [-0.39, 0.29) is 16.2 Å². The first-order chi connectivity index (χ1) is 11.8. The van der Waals surface area contributed by atoms with Crippen molar-refractivity contribution in [2.24, 2.45) is 34.0 Å². The van der Waals surface area contributed by atoms with E-state index in [9.17, 15) is 4.57 Å². The number of hydrogen-bond donors (Lipinski definition) is 0. The second-order valence-corrected chi connectivity index (χ2v) is 15.7. The topological polar surface area (TPSA) is 26.3 Å². The zero-order valence-corrected chi connectivity index (χ0v) is 21.6. The Hall–Kier alpha value is 0.190. The van der Waals surface area contributed by atoms with Crippen LogP contribution in [0.15, 0.2) is 0 Å². The van der Waals surface area contributed by atoms with Crippen LogP contribution in [0.5, 0.6) is 0 Å². The lowest BCUT2D eigenvalue weighted by atomic mass is 9.86. The molecule has 3 unspecified atom stereocenters. The molecule has 0 fully saturated rings. The standard InChI is InChI=1S/C24H51O2P/c1-19(13-22(4,5)6)16-26-27(25,17-20(2)14-23(7,8)9)18-21(3)15-24(10,11)12/h19-21H,13-18H2,1-12H3. The fourth-order valence-corrected chi connectivity index (χ4v) is 7.76. The predicted molar refractivity (Wildman–Crippen MR) is 123 cm³/mol. The highest BCUT2D eigenvalue weighted by Gasteiger charge is 2.32. The maximum Gasteiger partial charge on any atom is 0.203 e. The highest BCUT2D eigenvalue weighted by molar-refractivity contribution is 7.59. The van der Waals surface area contributed by atoms with E-state index >= 15 is 0 Å². The van der Waals surface area contributed by atoms with Crippen molar-refractivity contribution in [2.45, 2.75) is 102 Å². The van der Waals surface area contributed by atoms with Gasteiger partial charge in [0, 0.05) is 12.3 Å². The van der Waals surface area contributed by atoms with Gasteiger partial charge in [-0.05, 0) is 53.3 Å². The van der Waals surface area contributed by atoms with Gasteiger partial charge in [-0.2, -0.15) is 0 Å². The molecule has 0 aliphatic rings. The molecular weight excluding hydrogens is 351 g/mol. The third-order valence-corrected chi connectivity index (χ3v) is 7.64. The maximum absolute atomic E-state index is 13.9. The van der Waals surface area contributed by atoms with E-state index in [1.54, 1.807) is 0 Å². The Morgan fingerprint density at radius 1 is 0.630 bits per heavy atom. The van der Waals surface area contributed by atoms with Crippen LogP contribution in [-0.2, 0) is 9.09 Å². The van der Waals surface area contributed by atoms with Gasteiger partial charge in [-0.3, -0.25) is 4.57 Å². The first-order valence-electron chi connectivity index (χ1n) is 11.0. The molecule has 0 saturated carbocycles. The molecule has 27 heavy (non-hydrogen) atoms. The van der Waals surface area contributed by atoms with Crippen LogP contribution in [-0.4, -0.2) is 18.9 Å². The van der Waals surface area contributed by atoms with Gasteiger partial charge in [-0.25, -0.2) is 0 Å². The third-order valence-electron chi connectivity index (χ3n) is 4.66. The number of hydrogen-bond acceptors (Lipinski definition) is 2. The van der Waals surface area contributed by atoms with Crippen molar-refractivity contribution in [3.05, 3.63) is 0 Å². The highest BCUT2D eigenvalue weighted by atomic mass is 31.2. The molecule has 0 aromatic carbocycles. The molecule has 0 heterocycles. The van der Waals surface area contributed by atoms with Crippen molar-refractivity contribution in [1.29, 1.82) is 0 Å². The predicted octanol–water partition coefficient (Wildman–Crippen LogP) is 8.50. The lowest BCUT2D eigenvalue weighted by Crippen LogP contribution is -2.21. The fourth-order valence-electron chi connectivity index (χ4n) is 4.72. The summed E-state index contributed by atoms with van der Waals surface area (Å²) < 4.78 is 20.1. The Balaban J connectivity index is 5.10. The molecule has 0 N–H and O–H groups in total. The molecule has 0 aromatic heterocycles. The van der Waals surface area contributed by atoms with Crippen LogP contribution in [0.1, 0.15) is 102 Å². The summed E-state index contributed by atoms with van der Waals surface area (Å²) in [5.41, 5.74) is 0.813. The average molecular weight is 403 g/mol. The first kappa shape index (κ1) is 27.2. The van der Waals surface area contributed by atoms with Gasteiger partial charge >= 0.3 is 0 Å².